The highest BCUT2D eigenvalue weighted by Gasteiger charge is 2.06. The summed E-state index contributed by atoms with van der Waals surface area (Å²) >= 11 is 0. The molecule has 0 aliphatic carbocycles. The van der Waals surface area contributed by atoms with E-state index < -0.39 is 5.97 Å². The van der Waals surface area contributed by atoms with Crippen LogP contribution in [0.2, 0.25) is 0 Å². The molecule has 0 aliphatic heterocycles. The number of rotatable bonds is 5. The molecule has 0 aromatic carbocycles. The smallest absolute Gasteiger partial charge is 0.354 e. The molecule has 0 atom stereocenters. The standard InChI is InChI=1S/C12H14N2O2/c1-3-4-5-9-14(2)11-8-6-7-10(13-11)12(15)16/h3-8H,1,9H2,2H3,(H,15,16)/b5-4+. The number of aromatic nitrogens is 1. The first kappa shape index (κ1) is 12.0. The number of allylic oxidation sites excluding steroid dienone is 2. The molecule has 0 saturated carbocycles. The molecule has 0 aliphatic rings. The van der Waals surface area contributed by atoms with Gasteiger partial charge in [-0.1, -0.05) is 30.9 Å². The zero-order chi connectivity index (χ0) is 12.0. The molecule has 84 valence electrons. The third kappa shape index (κ3) is 3.24. The van der Waals surface area contributed by atoms with E-state index in [1.54, 1.807) is 18.2 Å². The van der Waals surface area contributed by atoms with Crippen molar-refractivity contribution in [1.29, 1.82) is 0 Å². The summed E-state index contributed by atoms with van der Waals surface area (Å²) in [5.41, 5.74) is 0.0528. The summed E-state index contributed by atoms with van der Waals surface area (Å²) in [6.07, 6.45) is 5.44. The Kier molecular flexibility index (Phi) is 4.27. The van der Waals surface area contributed by atoms with Crippen molar-refractivity contribution in [3.05, 3.63) is 48.7 Å². The molecule has 0 unspecified atom stereocenters. The van der Waals surface area contributed by atoms with Crippen molar-refractivity contribution in [2.24, 2.45) is 0 Å². The van der Waals surface area contributed by atoms with E-state index in [2.05, 4.69) is 11.6 Å². The summed E-state index contributed by atoms with van der Waals surface area (Å²) in [6.45, 7) is 4.22. The number of hydrogen-bond acceptors (Lipinski definition) is 3. The van der Waals surface area contributed by atoms with E-state index in [4.69, 9.17) is 5.11 Å². The lowest BCUT2D eigenvalue weighted by Crippen LogP contribution is -2.19. The Labute approximate surface area is 94.5 Å². The SMILES string of the molecule is C=C/C=C/CN(C)c1cccc(C(=O)O)n1. The maximum atomic E-state index is 10.7. The highest BCUT2D eigenvalue weighted by molar-refractivity contribution is 5.85. The predicted molar refractivity (Wildman–Crippen MR) is 63.8 cm³/mol. The molecule has 16 heavy (non-hydrogen) atoms. The first-order chi connectivity index (χ1) is 7.65. The van der Waals surface area contributed by atoms with Gasteiger partial charge in [-0.3, -0.25) is 0 Å². The molecule has 0 amide bonds. The van der Waals surface area contributed by atoms with Gasteiger partial charge in [0, 0.05) is 13.6 Å². The third-order valence-electron chi connectivity index (χ3n) is 2.00. The minimum atomic E-state index is -1.02. The van der Waals surface area contributed by atoms with Crippen LogP contribution < -0.4 is 4.90 Å². The normalized spacial score (nSPS) is 10.3. The van der Waals surface area contributed by atoms with Crippen molar-refractivity contribution in [2.75, 3.05) is 18.5 Å². The molecule has 1 heterocycles. The van der Waals surface area contributed by atoms with Gasteiger partial charge in [0.15, 0.2) is 5.69 Å². The fraction of sp³-hybridized carbons (Fsp3) is 0.167. The lowest BCUT2D eigenvalue weighted by molar-refractivity contribution is 0.0690. The van der Waals surface area contributed by atoms with Crippen molar-refractivity contribution in [2.45, 2.75) is 0 Å². The maximum absolute atomic E-state index is 10.7. The molecule has 0 fully saturated rings. The average Bonchev–Trinajstić information content (AvgIpc) is 2.29. The molecule has 4 heteroatoms. The number of carboxylic acid groups (broad SMARTS) is 1. The van der Waals surface area contributed by atoms with Crippen LogP contribution >= 0.6 is 0 Å². The number of pyridine rings is 1. The number of carboxylic acids is 1. The molecule has 1 N–H and O–H groups in total. The van der Waals surface area contributed by atoms with Gasteiger partial charge in [-0.15, -0.1) is 0 Å². The molecular formula is C12H14N2O2. The van der Waals surface area contributed by atoms with Gasteiger partial charge < -0.3 is 10.0 Å². The van der Waals surface area contributed by atoms with Crippen LogP contribution in [0.1, 0.15) is 10.5 Å². The van der Waals surface area contributed by atoms with E-state index >= 15 is 0 Å². The van der Waals surface area contributed by atoms with Crippen LogP contribution in [0.15, 0.2) is 43.0 Å². The quantitative estimate of drug-likeness (QED) is 0.767. The highest BCUT2D eigenvalue weighted by Crippen LogP contribution is 2.09. The fourth-order valence-corrected chi connectivity index (χ4v) is 1.16. The van der Waals surface area contributed by atoms with E-state index in [-0.39, 0.29) is 5.69 Å². The Morgan fingerprint density at radius 3 is 3.00 bits per heavy atom. The second-order valence-electron chi connectivity index (χ2n) is 3.23. The van der Waals surface area contributed by atoms with E-state index in [1.165, 1.54) is 6.07 Å². The van der Waals surface area contributed by atoms with Gasteiger partial charge in [0.25, 0.3) is 0 Å². The van der Waals surface area contributed by atoms with Crippen molar-refractivity contribution < 1.29 is 9.90 Å². The first-order valence-electron chi connectivity index (χ1n) is 4.84. The largest absolute Gasteiger partial charge is 0.477 e. The van der Waals surface area contributed by atoms with Crippen LogP contribution in [0.5, 0.6) is 0 Å². The molecule has 0 bridgehead atoms. The zero-order valence-electron chi connectivity index (χ0n) is 9.13. The monoisotopic (exact) mass is 218 g/mol. The Balaban J connectivity index is 2.78. The van der Waals surface area contributed by atoms with E-state index in [1.807, 2.05) is 24.1 Å². The van der Waals surface area contributed by atoms with Crippen LogP contribution in [0.4, 0.5) is 5.82 Å². The maximum Gasteiger partial charge on any atom is 0.354 e. The van der Waals surface area contributed by atoms with Gasteiger partial charge in [0.1, 0.15) is 5.82 Å². The second-order valence-corrected chi connectivity index (χ2v) is 3.23. The number of nitrogens with zero attached hydrogens (tertiary/aromatic N) is 2. The topological polar surface area (TPSA) is 53.4 Å². The van der Waals surface area contributed by atoms with Gasteiger partial charge >= 0.3 is 5.97 Å². The molecule has 1 aromatic rings. The fourth-order valence-electron chi connectivity index (χ4n) is 1.16. The number of anilines is 1. The summed E-state index contributed by atoms with van der Waals surface area (Å²) in [7, 11) is 1.85. The van der Waals surface area contributed by atoms with Gasteiger partial charge in [-0.25, -0.2) is 9.78 Å². The van der Waals surface area contributed by atoms with E-state index in [0.717, 1.165) is 0 Å². The molecule has 0 saturated heterocycles. The average molecular weight is 218 g/mol. The minimum Gasteiger partial charge on any atom is -0.477 e. The summed E-state index contributed by atoms with van der Waals surface area (Å²) in [5.74, 6) is -0.384. The van der Waals surface area contributed by atoms with Gasteiger partial charge in [-0.05, 0) is 12.1 Å². The Morgan fingerprint density at radius 1 is 1.62 bits per heavy atom. The number of aromatic carboxylic acids is 1. The van der Waals surface area contributed by atoms with E-state index in [0.29, 0.717) is 12.4 Å². The first-order valence-corrected chi connectivity index (χ1v) is 4.84. The summed E-state index contributed by atoms with van der Waals surface area (Å²) < 4.78 is 0. The van der Waals surface area contributed by atoms with Crippen molar-refractivity contribution in [1.82, 2.24) is 4.98 Å². The van der Waals surface area contributed by atoms with Crippen LogP contribution in [0, 0.1) is 0 Å². The van der Waals surface area contributed by atoms with Crippen molar-refractivity contribution in [3.8, 4) is 0 Å². The molecule has 0 radical (unpaired) electrons. The second kappa shape index (κ2) is 5.70. The third-order valence-corrected chi connectivity index (χ3v) is 2.00. The van der Waals surface area contributed by atoms with Crippen LogP contribution in [-0.4, -0.2) is 29.7 Å². The number of likely N-dealkylation sites (N-methyl/N-ethyl adjacent to an activating group) is 1. The van der Waals surface area contributed by atoms with Crippen molar-refractivity contribution in [3.63, 3.8) is 0 Å². The van der Waals surface area contributed by atoms with Crippen LogP contribution in [0.3, 0.4) is 0 Å². The summed E-state index contributed by atoms with van der Waals surface area (Å²) in [5, 5.41) is 8.80. The lowest BCUT2D eigenvalue weighted by Gasteiger charge is -2.15. The molecular weight excluding hydrogens is 204 g/mol. The van der Waals surface area contributed by atoms with Gasteiger partial charge in [0.2, 0.25) is 0 Å². The highest BCUT2D eigenvalue weighted by atomic mass is 16.4. The van der Waals surface area contributed by atoms with Crippen molar-refractivity contribution >= 4 is 11.8 Å². The molecule has 1 aromatic heterocycles. The molecule has 4 nitrogen and oxygen atoms in total. The van der Waals surface area contributed by atoms with Crippen LogP contribution in [0.25, 0.3) is 0 Å². The van der Waals surface area contributed by atoms with Crippen LogP contribution in [-0.2, 0) is 0 Å². The Hall–Kier alpha value is -2.10. The van der Waals surface area contributed by atoms with Gasteiger partial charge in [0.05, 0.1) is 0 Å². The van der Waals surface area contributed by atoms with E-state index in [9.17, 15) is 4.79 Å². The molecule has 1 rings (SSSR count). The zero-order valence-corrected chi connectivity index (χ0v) is 9.13. The Morgan fingerprint density at radius 2 is 2.38 bits per heavy atom. The lowest BCUT2D eigenvalue weighted by atomic mass is 10.3. The number of hydrogen-bond donors (Lipinski definition) is 1. The minimum absolute atomic E-state index is 0.0528. The predicted octanol–water partition coefficient (Wildman–Crippen LogP) is 1.96. The summed E-state index contributed by atoms with van der Waals surface area (Å²) in [6, 6.07) is 4.92. The number of carbonyl (C=O) groups is 1. The van der Waals surface area contributed by atoms with Gasteiger partial charge in [-0.2, -0.15) is 0 Å². The molecule has 0 spiro atoms. The summed E-state index contributed by atoms with van der Waals surface area (Å²) in [4.78, 5) is 16.6. The Bertz CT molecular complexity index is 413.